The van der Waals surface area contributed by atoms with Gasteiger partial charge < -0.3 is 30.7 Å². The van der Waals surface area contributed by atoms with E-state index in [0.717, 1.165) is 5.56 Å². The molecule has 2 atom stereocenters. The lowest BCUT2D eigenvalue weighted by atomic mass is 9.93. The molecule has 31 heavy (non-hydrogen) atoms. The molecule has 1 aromatic carbocycles. The van der Waals surface area contributed by atoms with E-state index >= 15 is 0 Å². The average Bonchev–Trinajstić information content (AvgIpc) is 2.69. The number of carboxylic acid groups (broad SMARTS) is 2. The first-order valence-electron chi connectivity index (χ1n) is 9.52. The van der Waals surface area contributed by atoms with Crippen molar-refractivity contribution in [1.82, 2.24) is 5.32 Å². The third kappa shape index (κ3) is 7.74. The van der Waals surface area contributed by atoms with Crippen LogP contribution in [0.1, 0.15) is 37.3 Å². The lowest BCUT2D eigenvalue weighted by Gasteiger charge is -2.20. The van der Waals surface area contributed by atoms with Crippen molar-refractivity contribution in [3.05, 3.63) is 29.3 Å². The van der Waals surface area contributed by atoms with Crippen molar-refractivity contribution in [3.8, 4) is 11.5 Å². The standard InChI is InChI=1S/C21H28N2O8/c1-11-7-17(30-3)18(31-4)10-14(11)13(8-12(2)24)9-16(21(28)29)23-20(27)15(22)5-6-19(25)26/h7-8,10,15-16H,5-6,9,22H2,1-4H3,(H,23,27)(H,25,26)(H,28,29)/p+1/b13-8-. The average molecular weight is 437 g/mol. The fourth-order valence-electron chi connectivity index (χ4n) is 2.96. The number of carboxylic acids is 2. The van der Waals surface area contributed by atoms with Gasteiger partial charge in [0.25, 0.3) is 5.91 Å². The molecular formula is C21H29N2O8+. The van der Waals surface area contributed by atoms with E-state index in [-0.39, 0.29) is 25.0 Å². The fourth-order valence-corrected chi connectivity index (χ4v) is 2.96. The number of carbonyl (C=O) groups excluding carboxylic acids is 2. The molecule has 0 aliphatic heterocycles. The molecule has 1 aromatic rings. The van der Waals surface area contributed by atoms with Crippen LogP contribution in [0.2, 0.25) is 0 Å². The highest BCUT2D eigenvalue weighted by molar-refractivity contribution is 5.97. The van der Waals surface area contributed by atoms with Crippen molar-refractivity contribution in [2.45, 2.75) is 45.2 Å². The van der Waals surface area contributed by atoms with Gasteiger partial charge in [-0.3, -0.25) is 14.4 Å². The summed E-state index contributed by atoms with van der Waals surface area (Å²) in [6.07, 6.45) is 0.836. The first kappa shape index (κ1) is 25.6. The van der Waals surface area contributed by atoms with Crippen molar-refractivity contribution < 1.29 is 44.6 Å². The van der Waals surface area contributed by atoms with Crippen LogP contribution >= 0.6 is 0 Å². The summed E-state index contributed by atoms with van der Waals surface area (Å²) in [7, 11) is 2.94. The van der Waals surface area contributed by atoms with Gasteiger partial charge in [-0.25, -0.2) is 4.79 Å². The number of ether oxygens (including phenoxy) is 2. The molecule has 0 aliphatic carbocycles. The molecule has 0 radical (unpaired) electrons. The number of hydrogen-bond donors (Lipinski definition) is 4. The van der Waals surface area contributed by atoms with Gasteiger partial charge in [0.05, 0.1) is 20.6 Å². The van der Waals surface area contributed by atoms with Crippen LogP contribution in [0.25, 0.3) is 5.57 Å². The third-order valence-corrected chi connectivity index (χ3v) is 4.57. The van der Waals surface area contributed by atoms with Crippen molar-refractivity contribution in [2.75, 3.05) is 14.2 Å². The molecule has 6 N–H and O–H groups in total. The maximum absolute atomic E-state index is 12.3. The van der Waals surface area contributed by atoms with Gasteiger partial charge in [-0.1, -0.05) is 0 Å². The summed E-state index contributed by atoms with van der Waals surface area (Å²) in [6.45, 7) is 3.11. The van der Waals surface area contributed by atoms with E-state index < -0.39 is 29.9 Å². The van der Waals surface area contributed by atoms with E-state index in [9.17, 15) is 24.3 Å². The predicted octanol–water partition coefficient (Wildman–Crippen LogP) is 0.419. The minimum absolute atomic E-state index is 0.0293. The molecule has 0 saturated carbocycles. The molecule has 170 valence electrons. The number of carbonyl (C=O) groups is 4. The van der Waals surface area contributed by atoms with Crippen LogP contribution < -0.4 is 20.5 Å². The van der Waals surface area contributed by atoms with Gasteiger partial charge in [0.2, 0.25) is 0 Å². The van der Waals surface area contributed by atoms with Gasteiger partial charge in [0, 0.05) is 12.8 Å². The van der Waals surface area contributed by atoms with Gasteiger partial charge >= 0.3 is 11.9 Å². The Labute approximate surface area is 180 Å². The molecule has 1 rings (SSSR count). The molecule has 0 spiro atoms. The number of aryl methyl sites for hydroxylation is 1. The van der Waals surface area contributed by atoms with Gasteiger partial charge in [0.15, 0.2) is 23.3 Å². The highest BCUT2D eigenvalue weighted by atomic mass is 16.5. The SMILES string of the molecule is COc1cc(C)c(/C(=C\C(C)=O)CC(NC(=O)C([NH3+])CCC(=O)O)C(=O)O)cc1OC. The maximum atomic E-state index is 12.3. The lowest BCUT2D eigenvalue weighted by molar-refractivity contribution is -0.405. The van der Waals surface area contributed by atoms with Gasteiger partial charge in [0.1, 0.15) is 6.04 Å². The van der Waals surface area contributed by atoms with Crippen LogP contribution in [0.5, 0.6) is 11.5 Å². The number of amides is 1. The van der Waals surface area contributed by atoms with E-state index in [4.69, 9.17) is 14.6 Å². The summed E-state index contributed by atoms with van der Waals surface area (Å²) in [5.74, 6) is -2.47. The van der Waals surface area contributed by atoms with Crippen molar-refractivity contribution in [2.24, 2.45) is 0 Å². The summed E-state index contributed by atoms with van der Waals surface area (Å²) in [4.78, 5) is 46.6. The van der Waals surface area contributed by atoms with E-state index in [1.54, 1.807) is 19.1 Å². The van der Waals surface area contributed by atoms with Crippen LogP contribution in [0, 0.1) is 6.92 Å². The summed E-state index contributed by atoms with van der Waals surface area (Å²) < 4.78 is 10.6. The molecule has 2 unspecified atom stereocenters. The Morgan fingerprint density at radius 2 is 1.71 bits per heavy atom. The number of rotatable bonds is 12. The Morgan fingerprint density at radius 1 is 1.13 bits per heavy atom. The van der Waals surface area contributed by atoms with Crippen LogP contribution in [-0.4, -0.2) is 60.1 Å². The molecule has 0 aliphatic rings. The topological polar surface area (TPSA) is 167 Å². The minimum atomic E-state index is -1.35. The summed E-state index contributed by atoms with van der Waals surface area (Å²) >= 11 is 0. The summed E-state index contributed by atoms with van der Waals surface area (Å²) in [5, 5.41) is 20.7. The molecule has 10 nitrogen and oxygen atoms in total. The molecular weight excluding hydrogens is 408 g/mol. The number of methoxy groups -OCH3 is 2. The zero-order chi connectivity index (χ0) is 23.7. The van der Waals surface area contributed by atoms with E-state index in [0.29, 0.717) is 22.6 Å². The van der Waals surface area contributed by atoms with E-state index in [1.165, 1.54) is 27.2 Å². The fraction of sp³-hybridized carbons (Fsp3) is 0.429. The monoisotopic (exact) mass is 437 g/mol. The molecule has 0 heterocycles. The highest BCUT2D eigenvalue weighted by Gasteiger charge is 2.27. The first-order valence-corrected chi connectivity index (χ1v) is 9.52. The van der Waals surface area contributed by atoms with Gasteiger partial charge in [-0.2, -0.15) is 0 Å². The van der Waals surface area contributed by atoms with Crippen molar-refractivity contribution in [3.63, 3.8) is 0 Å². The van der Waals surface area contributed by atoms with Crippen molar-refractivity contribution >= 4 is 29.2 Å². The summed E-state index contributed by atoms with van der Waals surface area (Å²) in [5.41, 5.74) is 5.28. The van der Waals surface area contributed by atoms with Gasteiger partial charge in [-0.15, -0.1) is 0 Å². The first-order chi connectivity index (χ1) is 14.5. The Morgan fingerprint density at radius 3 is 2.19 bits per heavy atom. The van der Waals surface area contributed by atoms with Crippen LogP contribution in [0.3, 0.4) is 0 Å². The molecule has 0 aromatic heterocycles. The number of benzene rings is 1. The number of aliphatic carboxylic acids is 2. The van der Waals surface area contributed by atoms with E-state index in [1.807, 2.05) is 0 Å². The maximum Gasteiger partial charge on any atom is 0.326 e. The molecule has 0 bridgehead atoms. The summed E-state index contributed by atoms with van der Waals surface area (Å²) in [6, 6.07) is 1.07. The lowest BCUT2D eigenvalue weighted by Crippen LogP contribution is -2.68. The number of hydrogen-bond acceptors (Lipinski definition) is 6. The second-order valence-corrected chi connectivity index (χ2v) is 7.04. The number of ketones is 1. The number of nitrogens with one attached hydrogen (secondary N) is 1. The molecule has 0 fully saturated rings. The minimum Gasteiger partial charge on any atom is -0.493 e. The van der Waals surface area contributed by atoms with Crippen LogP contribution in [0.15, 0.2) is 18.2 Å². The van der Waals surface area contributed by atoms with Crippen LogP contribution in [-0.2, 0) is 19.2 Å². The largest absolute Gasteiger partial charge is 0.493 e. The Bertz CT molecular complexity index is 878. The molecule has 0 saturated heterocycles. The van der Waals surface area contributed by atoms with Crippen LogP contribution in [0.4, 0.5) is 0 Å². The number of allylic oxidation sites excluding steroid dienone is 1. The normalized spacial score (nSPS) is 13.1. The van der Waals surface area contributed by atoms with Gasteiger partial charge in [-0.05, 0) is 48.8 Å². The Kier molecular flexibility index (Phi) is 9.68. The second-order valence-electron chi connectivity index (χ2n) is 7.04. The smallest absolute Gasteiger partial charge is 0.326 e. The predicted molar refractivity (Wildman–Crippen MR) is 111 cm³/mol. The quantitative estimate of drug-likeness (QED) is 0.341. The third-order valence-electron chi connectivity index (χ3n) is 4.57. The highest BCUT2D eigenvalue weighted by Crippen LogP contribution is 2.34. The zero-order valence-corrected chi connectivity index (χ0v) is 18.1. The Hall–Kier alpha value is -3.40. The molecule has 1 amide bonds. The Balaban J connectivity index is 3.22. The zero-order valence-electron chi connectivity index (χ0n) is 18.1. The van der Waals surface area contributed by atoms with E-state index in [2.05, 4.69) is 11.1 Å². The van der Waals surface area contributed by atoms with Crippen molar-refractivity contribution in [1.29, 1.82) is 0 Å². The number of quaternary nitrogens is 1. The second kappa shape index (κ2) is 11.7. The molecule has 10 heteroatoms.